The van der Waals surface area contributed by atoms with Gasteiger partial charge in [-0.25, -0.2) is 62.4 Å². The first-order valence-electron chi connectivity index (χ1n) is 26.9. The number of carbonyl (C=O) groups is 2. The van der Waals surface area contributed by atoms with E-state index in [2.05, 4.69) is 67.7 Å². The number of nitrogens with zero attached hydrogens (tertiary/aromatic N) is 18. The molecule has 10 heterocycles. The van der Waals surface area contributed by atoms with Gasteiger partial charge in [0.1, 0.15) is 74.3 Å². The summed E-state index contributed by atoms with van der Waals surface area (Å²) in [6.45, 7) is 10.7. The lowest BCUT2D eigenvalue weighted by molar-refractivity contribution is -0.133. The van der Waals surface area contributed by atoms with Crippen molar-refractivity contribution in [2.75, 3.05) is 53.2 Å². The van der Waals surface area contributed by atoms with Crippen molar-refractivity contribution >= 4 is 90.9 Å². The van der Waals surface area contributed by atoms with E-state index >= 15 is 13.2 Å². The average Bonchev–Trinajstić information content (AvgIpc) is 3.34. The first kappa shape index (κ1) is 52.9. The van der Waals surface area contributed by atoms with Gasteiger partial charge in [-0.3, -0.25) is 9.59 Å². The number of piperidine rings is 2. The molecular weight excluding hydrogens is 1090 g/mol. The molecule has 6 aromatic heterocycles. The Morgan fingerprint density at radius 3 is 2.20 bits per heavy atom. The number of allylic oxidation sites excluding steroid dienone is 1. The molecule has 4 aromatic carbocycles. The van der Waals surface area contributed by atoms with Crippen molar-refractivity contribution in [1.29, 1.82) is 0 Å². The van der Waals surface area contributed by atoms with Crippen LogP contribution in [0, 0.1) is 25.5 Å². The van der Waals surface area contributed by atoms with Crippen molar-refractivity contribution in [1.82, 2.24) is 79.7 Å². The maximum absolute atomic E-state index is 16.1. The Kier molecular flexibility index (Phi) is 13.5. The van der Waals surface area contributed by atoms with Gasteiger partial charge in [-0.15, -0.1) is 10.2 Å². The summed E-state index contributed by atoms with van der Waals surface area (Å²) in [6.07, 6.45) is 9.68. The summed E-state index contributed by atoms with van der Waals surface area (Å²) < 4.78 is 63.0. The van der Waals surface area contributed by atoms with Gasteiger partial charge in [0.05, 0.1) is 30.1 Å². The fraction of sp³-hybridized carbons (Fsp3) is 0.263. The zero-order valence-corrected chi connectivity index (χ0v) is 45.7. The highest BCUT2D eigenvalue weighted by atomic mass is 19.1. The number of piperazine rings is 2. The largest absolute Gasteiger partial charge is 0.457 e. The summed E-state index contributed by atoms with van der Waals surface area (Å²) in [7, 11) is 1.83. The Morgan fingerprint density at radius 1 is 0.738 bits per heavy atom. The normalized spacial score (nSPS) is 17.2. The van der Waals surface area contributed by atoms with Gasteiger partial charge in [-0.1, -0.05) is 17.0 Å². The average molecular weight is 1140 g/mol. The van der Waals surface area contributed by atoms with Crippen molar-refractivity contribution in [3.05, 3.63) is 133 Å². The molecule has 424 valence electrons. The predicted molar refractivity (Wildman–Crippen MR) is 304 cm³/mol. The molecule has 0 saturated carbocycles. The third kappa shape index (κ3) is 9.91. The number of benzene rings is 4. The molecule has 0 radical (unpaired) electrons. The van der Waals surface area contributed by atoms with Crippen molar-refractivity contribution in [2.24, 2.45) is 7.05 Å². The van der Waals surface area contributed by atoms with Crippen LogP contribution in [-0.4, -0.2) is 142 Å². The van der Waals surface area contributed by atoms with Gasteiger partial charge in [-0.05, 0) is 93.8 Å². The zero-order valence-electron chi connectivity index (χ0n) is 45.7. The molecule has 27 heteroatoms. The molecule has 2 bridgehead atoms. The van der Waals surface area contributed by atoms with Crippen LogP contribution >= 0.6 is 0 Å². The molecular formula is C57H51F3N20O4. The highest BCUT2D eigenvalue weighted by Gasteiger charge is 2.43. The molecule has 2 unspecified atom stereocenters. The van der Waals surface area contributed by atoms with E-state index in [1.807, 2.05) is 67.1 Å². The van der Waals surface area contributed by atoms with Crippen LogP contribution in [0.2, 0.25) is 0 Å². The molecule has 10 aromatic rings. The van der Waals surface area contributed by atoms with Gasteiger partial charge < -0.3 is 39.7 Å². The number of ether oxygens (including phenoxy) is 2. The molecule has 24 nitrogen and oxygen atoms in total. The topological polar surface area (TPSA) is 254 Å². The minimum atomic E-state index is -1.02. The summed E-state index contributed by atoms with van der Waals surface area (Å²) in [4.78, 5) is 69.7. The number of aromatic nitrogens is 14. The van der Waals surface area contributed by atoms with Gasteiger partial charge in [0.2, 0.25) is 17.8 Å². The molecule has 84 heavy (non-hydrogen) atoms. The van der Waals surface area contributed by atoms with E-state index in [1.54, 1.807) is 22.0 Å². The van der Waals surface area contributed by atoms with Crippen LogP contribution in [0.4, 0.5) is 48.1 Å². The van der Waals surface area contributed by atoms with Gasteiger partial charge in [0, 0.05) is 87.3 Å². The maximum atomic E-state index is 16.1. The van der Waals surface area contributed by atoms with Crippen molar-refractivity contribution in [2.45, 2.75) is 58.3 Å². The third-order valence-corrected chi connectivity index (χ3v) is 15.4. The minimum absolute atomic E-state index is 0.00814. The first-order valence-corrected chi connectivity index (χ1v) is 26.9. The molecule has 2 N–H and O–H groups in total. The molecule has 4 saturated heterocycles. The lowest BCUT2D eigenvalue weighted by Gasteiger charge is -2.51. The lowest BCUT2D eigenvalue weighted by Crippen LogP contribution is -2.64. The quantitative estimate of drug-likeness (QED) is 0.0975. The van der Waals surface area contributed by atoms with E-state index in [4.69, 9.17) is 19.4 Å². The number of amides is 2. The number of carbonyl (C=O) groups excluding carboxylic acids is 2. The Bertz CT molecular complexity index is 4330. The summed E-state index contributed by atoms with van der Waals surface area (Å²) in [6, 6.07) is 16.2. The van der Waals surface area contributed by atoms with E-state index in [0.717, 1.165) is 45.5 Å². The third-order valence-electron chi connectivity index (χ3n) is 15.4. The molecule has 14 rings (SSSR count). The molecule has 3 atom stereocenters. The van der Waals surface area contributed by atoms with Crippen LogP contribution in [0.25, 0.3) is 44.1 Å². The highest BCUT2D eigenvalue weighted by Crippen LogP contribution is 2.37. The van der Waals surface area contributed by atoms with Gasteiger partial charge in [-0.2, -0.15) is 0 Å². The Hall–Kier alpha value is -10.5. The summed E-state index contributed by atoms with van der Waals surface area (Å²) in [5, 5.41) is 22.8. The SMILES string of the molecule is C=CC(=O)N1CCN(c2ncc3ncnc(Nc4ccc(Oc5cc(F)c6c(c5)nnn6C/C=C(\F)C(=O)N5CC6CCC5CN6c5ncc6ncnc(Nc7ccc(Oc8ccc9c(c8)nnn9C)c(C)c7)c6n5)c(C)c4F)c3n2)C[C@H]1C. The summed E-state index contributed by atoms with van der Waals surface area (Å²) >= 11 is 0. The molecule has 4 aliphatic heterocycles. The number of nitrogens with one attached hydrogen (secondary N) is 2. The fourth-order valence-corrected chi connectivity index (χ4v) is 11.0. The van der Waals surface area contributed by atoms with E-state index in [9.17, 15) is 9.59 Å². The molecule has 4 fully saturated rings. The standard InChI is InChI=1S/C57H51F3N20O4/c1-6-48(81)77-18-17-76(25-31(77)3)56-61-23-43-51(69-56)54(66-29-64-43)68-40-11-14-47(32(4)49(40)60)84-37-20-39(59)52-42(22-37)72-74-80(52)16-15-38(58)55(82)78-26-35-9-8-34(78)27-79(35)57-62-24-44-50(70-57)53(65-28-63-44)67-33-7-13-46(30(2)19-33)83-36-10-12-45-41(21-36)71-73-75(45)5/h6-7,10-15,19-24,28-29,31,34-35H,1,8-9,16-18,25-27H2,2-5H3,(H,63,65,67)(H,64,66,68)/b38-15-/t31-,34?,35?/m1/s1. The molecule has 0 aliphatic carbocycles. The van der Waals surface area contributed by atoms with Gasteiger partial charge >= 0.3 is 0 Å². The number of aryl methyl sites for hydroxylation is 2. The monoisotopic (exact) mass is 1140 g/mol. The van der Waals surface area contributed by atoms with Crippen LogP contribution in [0.3, 0.4) is 0 Å². The van der Waals surface area contributed by atoms with Crippen LogP contribution in [0.5, 0.6) is 23.0 Å². The molecule has 0 spiro atoms. The summed E-state index contributed by atoms with van der Waals surface area (Å²) in [5.74, 6) is -0.462. The van der Waals surface area contributed by atoms with E-state index in [-0.39, 0.29) is 76.7 Å². The van der Waals surface area contributed by atoms with Gasteiger partial charge in [0.25, 0.3) is 5.91 Å². The first-order chi connectivity index (χ1) is 40.7. The van der Waals surface area contributed by atoms with Crippen LogP contribution in [0.1, 0.15) is 30.9 Å². The second-order valence-electron chi connectivity index (χ2n) is 20.7. The van der Waals surface area contributed by atoms with Crippen molar-refractivity contribution < 1.29 is 32.2 Å². The molecule has 4 aliphatic rings. The number of hydrogen-bond acceptors (Lipinski definition) is 20. The number of anilines is 6. The van der Waals surface area contributed by atoms with Crippen molar-refractivity contribution in [3.63, 3.8) is 0 Å². The summed E-state index contributed by atoms with van der Waals surface area (Å²) in [5.41, 5.74) is 5.25. The van der Waals surface area contributed by atoms with Crippen LogP contribution in [-0.2, 0) is 23.2 Å². The Balaban J connectivity index is 0.644. The number of halogens is 3. The van der Waals surface area contributed by atoms with Crippen LogP contribution < -0.4 is 29.9 Å². The van der Waals surface area contributed by atoms with Gasteiger partial charge in [0.15, 0.2) is 29.1 Å². The van der Waals surface area contributed by atoms with E-state index < -0.39 is 23.4 Å². The van der Waals surface area contributed by atoms with Crippen molar-refractivity contribution in [3.8, 4) is 23.0 Å². The second kappa shape index (κ2) is 21.5. The van der Waals surface area contributed by atoms with E-state index in [0.29, 0.717) is 83.9 Å². The molecule has 2 amide bonds. The minimum Gasteiger partial charge on any atom is -0.457 e. The fourth-order valence-electron chi connectivity index (χ4n) is 11.0. The smallest absolute Gasteiger partial charge is 0.282 e. The maximum Gasteiger partial charge on any atom is 0.282 e. The second-order valence-corrected chi connectivity index (χ2v) is 20.7. The predicted octanol–water partition coefficient (Wildman–Crippen LogP) is 8.10. The highest BCUT2D eigenvalue weighted by molar-refractivity contribution is 5.92. The number of hydrogen-bond donors (Lipinski definition) is 2. The van der Waals surface area contributed by atoms with Crippen LogP contribution in [0.15, 0.2) is 110 Å². The lowest BCUT2D eigenvalue weighted by atomic mass is 9.91. The Morgan fingerprint density at radius 2 is 1.45 bits per heavy atom. The number of rotatable bonds is 14. The van der Waals surface area contributed by atoms with E-state index in [1.165, 1.54) is 48.8 Å². The zero-order chi connectivity index (χ0) is 57.9. The Labute approximate surface area is 475 Å². The number of fused-ring (bicyclic) bond motifs is 7.